The predicted octanol–water partition coefficient (Wildman–Crippen LogP) is 1.85. The predicted molar refractivity (Wildman–Crippen MR) is 79.5 cm³/mol. The largest absolute Gasteiger partial charge is 0.496 e. The highest BCUT2D eigenvalue weighted by Gasteiger charge is 2.23. The number of carbonyl (C=O) groups excluding carboxylic acids is 1. The molecule has 7 nitrogen and oxygen atoms in total. The molecule has 0 aliphatic carbocycles. The molecule has 0 fully saturated rings. The lowest BCUT2D eigenvalue weighted by Crippen LogP contribution is -2.49. The molecule has 3 N–H and O–H groups in total. The fourth-order valence-corrected chi connectivity index (χ4v) is 1.83. The number of methoxy groups -OCH3 is 1. The third kappa shape index (κ3) is 4.16. The summed E-state index contributed by atoms with van der Waals surface area (Å²) >= 11 is 0. The fourth-order valence-electron chi connectivity index (χ4n) is 1.83. The Labute approximate surface area is 123 Å². The normalized spacial score (nSPS) is 11.0. The van der Waals surface area contributed by atoms with Gasteiger partial charge in [0.2, 0.25) is 0 Å². The monoisotopic (exact) mass is 295 g/mol. The van der Waals surface area contributed by atoms with E-state index in [-0.39, 0.29) is 22.9 Å². The average Bonchev–Trinajstić information content (AvgIpc) is 2.51. The number of non-ortho nitro benzene ring substituents is 1. The van der Waals surface area contributed by atoms with Crippen molar-refractivity contribution in [2.45, 2.75) is 32.2 Å². The molecule has 0 radical (unpaired) electrons. The zero-order valence-electron chi connectivity index (χ0n) is 12.5. The van der Waals surface area contributed by atoms with E-state index in [2.05, 4.69) is 5.32 Å². The lowest BCUT2D eigenvalue weighted by atomic mass is 9.94. The maximum atomic E-state index is 12.2. The maximum Gasteiger partial charge on any atom is 0.273 e. The van der Waals surface area contributed by atoms with Gasteiger partial charge in [-0.15, -0.1) is 0 Å². The van der Waals surface area contributed by atoms with Crippen molar-refractivity contribution in [3.63, 3.8) is 0 Å². The van der Waals surface area contributed by atoms with Crippen LogP contribution in [0.2, 0.25) is 0 Å². The van der Waals surface area contributed by atoms with E-state index in [0.717, 1.165) is 12.8 Å². The summed E-state index contributed by atoms with van der Waals surface area (Å²) in [6, 6.07) is 3.87. The van der Waals surface area contributed by atoms with Crippen LogP contribution in [0.15, 0.2) is 18.2 Å². The topological polar surface area (TPSA) is 107 Å². The van der Waals surface area contributed by atoms with Crippen molar-refractivity contribution in [3.05, 3.63) is 33.9 Å². The summed E-state index contributed by atoms with van der Waals surface area (Å²) in [5, 5.41) is 13.5. The molecule has 0 saturated heterocycles. The third-order valence-corrected chi connectivity index (χ3v) is 3.65. The van der Waals surface area contributed by atoms with Crippen LogP contribution in [0.3, 0.4) is 0 Å². The number of nitrogens with one attached hydrogen (secondary N) is 1. The van der Waals surface area contributed by atoms with Crippen LogP contribution in [0, 0.1) is 10.1 Å². The van der Waals surface area contributed by atoms with E-state index < -0.39 is 10.5 Å². The van der Waals surface area contributed by atoms with Crippen LogP contribution in [0.1, 0.15) is 37.0 Å². The third-order valence-electron chi connectivity index (χ3n) is 3.65. The molecule has 1 aromatic carbocycles. The first-order valence-corrected chi connectivity index (χ1v) is 6.76. The van der Waals surface area contributed by atoms with Crippen molar-refractivity contribution in [3.8, 4) is 5.75 Å². The Bertz CT molecular complexity index is 527. The van der Waals surface area contributed by atoms with Gasteiger partial charge in [0.15, 0.2) is 0 Å². The summed E-state index contributed by atoms with van der Waals surface area (Å²) in [6.07, 6.45) is 1.47. The van der Waals surface area contributed by atoms with Crippen molar-refractivity contribution < 1.29 is 14.5 Å². The Morgan fingerprint density at radius 2 is 2.05 bits per heavy atom. The standard InChI is InChI=1S/C14H21N3O4/c1-4-14(15,5-2)9-16-13(18)11-7-6-10(17(19)20)8-12(11)21-3/h6-8H,4-5,9,15H2,1-3H3,(H,16,18). The first kappa shape index (κ1) is 16.9. The summed E-state index contributed by atoms with van der Waals surface area (Å²) in [5.41, 5.74) is 5.79. The van der Waals surface area contributed by atoms with E-state index in [0.29, 0.717) is 6.54 Å². The second-order valence-corrected chi connectivity index (χ2v) is 4.89. The van der Waals surface area contributed by atoms with Gasteiger partial charge in [-0.1, -0.05) is 13.8 Å². The summed E-state index contributed by atoms with van der Waals surface area (Å²) in [6.45, 7) is 4.25. The van der Waals surface area contributed by atoms with Crippen molar-refractivity contribution in [2.75, 3.05) is 13.7 Å². The number of benzene rings is 1. The van der Waals surface area contributed by atoms with Crippen LogP contribution in [0.4, 0.5) is 5.69 Å². The van der Waals surface area contributed by atoms with E-state index in [9.17, 15) is 14.9 Å². The van der Waals surface area contributed by atoms with Gasteiger partial charge in [-0.3, -0.25) is 14.9 Å². The van der Waals surface area contributed by atoms with Gasteiger partial charge in [-0.05, 0) is 18.9 Å². The van der Waals surface area contributed by atoms with Crippen LogP contribution >= 0.6 is 0 Å². The molecule has 0 aromatic heterocycles. The number of nitro benzene ring substituents is 1. The van der Waals surface area contributed by atoms with Gasteiger partial charge >= 0.3 is 0 Å². The maximum absolute atomic E-state index is 12.2. The first-order valence-electron chi connectivity index (χ1n) is 6.76. The Morgan fingerprint density at radius 1 is 1.43 bits per heavy atom. The number of nitro groups is 1. The zero-order chi connectivity index (χ0) is 16.0. The minimum atomic E-state index is -0.538. The summed E-state index contributed by atoms with van der Waals surface area (Å²) in [5.74, 6) is -0.198. The molecule has 0 saturated carbocycles. The molecule has 0 aliphatic heterocycles. The highest BCUT2D eigenvalue weighted by atomic mass is 16.6. The Morgan fingerprint density at radius 3 is 2.52 bits per heavy atom. The average molecular weight is 295 g/mol. The molecule has 1 aromatic rings. The number of rotatable bonds is 7. The van der Waals surface area contributed by atoms with Gasteiger partial charge < -0.3 is 15.8 Å². The lowest BCUT2D eigenvalue weighted by molar-refractivity contribution is -0.384. The Hall–Kier alpha value is -2.15. The molecule has 0 unspecified atom stereocenters. The molecular formula is C14H21N3O4. The van der Waals surface area contributed by atoms with Crippen LogP contribution in [0.25, 0.3) is 0 Å². The van der Waals surface area contributed by atoms with Crippen molar-refractivity contribution >= 4 is 11.6 Å². The van der Waals surface area contributed by atoms with Gasteiger partial charge in [0.1, 0.15) is 5.75 Å². The van der Waals surface area contributed by atoms with E-state index in [1.54, 1.807) is 0 Å². The fraction of sp³-hybridized carbons (Fsp3) is 0.500. The Kier molecular flexibility index (Phi) is 5.66. The first-order chi connectivity index (χ1) is 9.86. The second kappa shape index (κ2) is 7.03. The minimum absolute atomic E-state index is 0.126. The van der Waals surface area contributed by atoms with E-state index >= 15 is 0 Å². The number of nitrogens with two attached hydrogens (primary N) is 1. The molecule has 7 heteroatoms. The van der Waals surface area contributed by atoms with Crippen LogP contribution in [-0.2, 0) is 0 Å². The van der Waals surface area contributed by atoms with Gasteiger partial charge in [-0.25, -0.2) is 0 Å². The van der Waals surface area contributed by atoms with Crippen LogP contribution in [0.5, 0.6) is 5.75 Å². The highest BCUT2D eigenvalue weighted by molar-refractivity contribution is 5.97. The number of hydrogen-bond acceptors (Lipinski definition) is 5. The molecule has 0 spiro atoms. The highest BCUT2D eigenvalue weighted by Crippen LogP contribution is 2.24. The van der Waals surface area contributed by atoms with Gasteiger partial charge in [0, 0.05) is 18.2 Å². The number of nitrogens with zero attached hydrogens (tertiary/aromatic N) is 1. The molecule has 21 heavy (non-hydrogen) atoms. The molecule has 1 amide bonds. The molecule has 0 heterocycles. The van der Waals surface area contributed by atoms with Crippen molar-refractivity contribution in [1.82, 2.24) is 5.32 Å². The van der Waals surface area contributed by atoms with Gasteiger partial charge in [-0.2, -0.15) is 0 Å². The van der Waals surface area contributed by atoms with Crippen LogP contribution in [-0.4, -0.2) is 30.0 Å². The molecule has 116 valence electrons. The summed E-state index contributed by atoms with van der Waals surface area (Å²) in [7, 11) is 1.36. The van der Waals surface area contributed by atoms with Gasteiger partial charge in [0.05, 0.1) is 23.7 Å². The number of ether oxygens (including phenoxy) is 1. The van der Waals surface area contributed by atoms with Gasteiger partial charge in [0.25, 0.3) is 11.6 Å². The summed E-state index contributed by atoms with van der Waals surface area (Å²) < 4.78 is 5.05. The van der Waals surface area contributed by atoms with Crippen molar-refractivity contribution in [1.29, 1.82) is 0 Å². The zero-order valence-corrected chi connectivity index (χ0v) is 12.5. The second-order valence-electron chi connectivity index (χ2n) is 4.89. The lowest BCUT2D eigenvalue weighted by Gasteiger charge is -2.26. The minimum Gasteiger partial charge on any atom is -0.496 e. The molecular weight excluding hydrogens is 274 g/mol. The quantitative estimate of drug-likeness (QED) is 0.589. The van der Waals surface area contributed by atoms with E-state index in [1.165, 1.54) is 25.3 Å². The SMILES string of the molecule is CCC(N)(CC)CNC(=O)c1ccc([N+](=O)[O-])cc1OC. The van der Waals surface area contributed by atoms with Crippen molar-refractivity contribution in [2.24, 2.45) is 5.73 Å². The number of hydrogen-bond donors (Lipinski definition) is 2. The molecule has 0 atom stereocenters. The Balaban J connectivity index is 2.90. The van der Waals surface area contributed by atoms with Crippen LogP contribution < -0.4 is 15.8 Å². The number of amides is 1. The number of carbonyl (C=O) groups is 1. The molecule has 0 bridgehead atoms. The molecule has 0 aliphatic rings. The van der Waals surface area contributed by atoms with E-state index in [1.807, 2.05) is 13.8 Å². The van der Waals surface area contributed by atoms with E-state index in [4.69, 9.17) is 10.5 Å². The smallest absolute Gasteiger partial charge is 0.273 e. The molecule has 1 rings (SSSR count). The summed E-state index contributed by atoms with van der Waals surface area (Å²) in [4.78, 5) is 22.3.